The number of amides is 1. The third-order valence-corrected chi connectivity index (χ3v) is 2.97. The summed E-state index contributed by atoms with van der Waals surface area (Å²) >= 11 is 0. The van der Waals surface area contributed by atoms with Crippen LogP contribution in [-0.2, 0) is 4.74 Å². The fraction of sp³-hybridized carbons (Fsp3) is 0.438. The highest BCUT2D eigenvalue weighted by Crippen LogP contribution is 2.13. The van der Waals surface area contributed by atoms with Gasteiger partial charge in [-0.1, -0.05) is 17.9 Å². The molecule has 0 saturated carbocycles. The second kappa shape index (κ2) is 8.42. The Labute approximate surface area is 125 Å². The molecule has 0 spiro atoms. The molecule has 0 aliphatic rings. The molecule has 1 amide bonds. The maximum absolute atomic E-state index is 12.4. The summed E-state index contributed by atoms with van der Waals surface area (Å²) < 4.78 is 4.85. The number of aliphatic hydroxyl groups is 2. The summed E-state index contributed by atoms with van der Waals surface area (Å²) in [5.74, 6) is 5.14. The normalized spacial score (nSPS) is 11.5. The summed E-state index contributed by atoms with van der Waals surface area (Å²) in [6.07, 6.45) is -0.721. The van der Waals surface area contributed by atoms with Crippen molar-refractivity contribution in [2.45, 2.75) is 13.0 Å². The average molecular weight is 291 g/mol. The number of hydrogen-bond acceptors (Lipinski definition) is 4. The van der Waals surface area contributed by atoms with Crippen molar-refractivity contribution in [2.24, 2.45) is 0 Å². The van der Waals surface area contributed by atoms with E-state index in [4.69, 9.17) is 9.84 Å². The first kappa shape index (κ1) is 17.2. The van der Waals surface area contributed by atoms with Crippen LogP contribution in [0.25, 0.3) is 0 Å². The van der Waals surface area contributed by atoms with Crippen LogP contribution in [0, 0.1) is 18.8 Å². The lowest BCUT2D eigenvalue weighted by Gasteiger charge is -2.21. The molecule has 1 atom stereocenters. The van der Waals surface area contributed by atoms with Crippen LogP contribution >= 0.6 is 0 Å². The number of nitrogens with zero attached hydrogens (tertiary/aromatic N) is 1. The number of hydrogen-bond donors (Lipinski definition) is 2. The fourth-order valence-corrected chi connectivity index (χ4v) is 1.92. The van der Waals surface area contributed by atoms with Gasteiger partial charge in [0.15, 0.2) is 0 Å². The smallest absolute Gasteiger partial charge is 0.253 e. The molecule has 0 bridgehead atoms. The summed E-state index contributed by atoms with van der Waals surface area (Å²) in [5.41, 5.74) is 2.04. The van der Waals surface area contributed by atoms with Crippen molar-refractivity contribution in [3.05, 3.63) is 34.9 Å². The molecule has 0 radical (unpaired) electrons. The Bertz CT molecular complexity index is 545. The third-order valence-electron chi connectivity index (χ3n) is 2.97. The molecule has 0 aliphatic heterocycles. The van der Waals surface area contributed by atoms with Gasteiger partial charge in [0.1, 0.15) is 6.61 Å². The minimum atomic E-state index is -0.721. The highest BCUT2D eigenvalue weighted by Gasteiger charge is 2.17. The summed E-state index contributed by atoms with van der Waals surface area (Å²) in [5, 5.41) is 18.4. The quantitative estimate of drug-likeness (QED) is 0.771. The van der Waals surface area contributed by atoms with E-state index >= 15 is 0 Å². The molecule has 1 aromatic rings. The Morgan fingerprint density at radius 3 is 2.81 bits per heavy atom. The number of rotatable bonds is 5. The van der Waals surface area contributed by atoms with E-state index in [0.29, 0.717) is 11.1 Å². The van der Waals surface area contributed by atoms with Gasteiger partial charge >= 0.3 is 0 Å². The number of likely N-dealkylation sites (N-methyl/N-ethyl adjacent to an activating group) is 1. The third kappa shape index (κ3) is 5.20. The molecule has 0 aliphatic carbocycles. The van der Waals surface area contributed by atoms with E-state index in [0.717, 1.165) is 5.56 Å². The average Bonchev–Trinajstić information content (AvgIpc) is 2.45. The van der Waals surface area contributed by atoms with Crippen LogP contribution in [0.3, 0.4) is 0 Å². The standard InChI is InChI=1S/C16H21NO4/c1-12-6-7-13(5-4-8-18)9-15(12)16(20)17(2)10-14(19)11-21-3/h6-7,9,14,18-19H,8,10-11H2,1-3H3. The van der Waals surface area contributed by atoms with Crippen LogP contribution in [-0.4, -0.2) is 61.0 Å². The fourth-order valence-electron chi connectivity index (χ4n) is 1.92. The minimum Gasteiger partial charge on any atom is -0.389 e. The molecule has 0 fully saturated rings. The van der Waals surface area contributed by atoms with Gasteiger partial charge in [-0.2, -0.15) is 0 Å². The van der Waals surface area contributed by atoms with Gasteiger partial charge in [0.2, 0.25) is 0 Å². The lowest BCUT2D eigenvalue weighted by molar-refractivity contribution is 0.0380. The number of ether oxygens (including phenoxy) is 1. The number of aliphatic hydroxyl groups excluding tert-OH is 2. The van der Waals surface area contributed by atoms with Crippen LogP contribution in [0.4, 0.5) is 0 Å². The van der Waals surface area contributed by atoms with Crippen LogP contribution in [0.15, 0.2) is 18.2 Å². The predicted molar refractivity (Wildman–Crippen MR) is 80.0 cm³/mol. The molecule has 5 heteroatoms. The van der Waals surface area contributed by atoms with Gasteiger partial charge in [-0.25, -0.2) is 0 Å². The zero-order valence-electron chi connectivity index (χ0n) is 12.6. The molecule has 21 heavy (non-hydrogen) atoms. The number of benzene rings is 1. The Morgan fingerprint density at radius 2 is 2.19 bits per heavy atom. The van der Waals surface area contributed by atoms with Gasteiger partial charge in [0.05, 0.1) is 12.7 Å². The Balaban J connectivity index is 2.90. The molecular formula is C16H21NO4. The van der Waals surface area contributed by atoms with Gasteiger partial charge in [-0.15, -0.1) is 0 Å². The molecular weight excluding hydrogens is 270 g/mol. The van der Waals surface area contributed by atoms with E-state index in [-0.39, 0.29) is 25.7 Å². The number of methoxy groups -OCH3 is 1. The van der Waals surface area contributed by atoms with Gasteiger partial charge in [0.25, 0.3) is 5.91 Å². The molecule has 0 aromatic heterocycles. The first-order chi connectivity index (χ1) is 9.99. The van der Waals surface area contributed by atoms with Crippen molar-refractivity contribution in [3.8, 4) is 11.8 Å². The SMILES string of the molecule is COCC(O)CN(C)C(=O)c1cc(C#CCO)ccc1C. The summed E-state index contributed by atoms with van der Waals surface area (Å²) in [4.78, 5) is 13.9. The molecule has 5 nitrogen and oxygen atoms in total. The maximum Gasteiger partial charge on any atom is 0.253 e. The topological polar surface area (TPSA) is 70.0 Å². The summed E-state index contributed by atoms with van der Waals surface area (Å²) in [6, 6.07) is 5.31. The van der Waals surface area contributed by atoms with Crippen LogP contribution < -0.4 is 0 Å². The summed E-state index contributed by atoms with van der Waals surface area (Å²) in [6.45, 7) is 1.99. The first-order valence-electron chi connectivity index (χ1n) is 6.62. The van der Waals surface area contributed by atoms with Crippen molar-refractivity contribution >= 4 is 5.91 Å². The molecule has 1 aromatic carbocycles. The number of carbonyl (C=O) groups excluding carboxylic acids is 1. The molecule has 0 heterocycles. The Morgan fingerprint density at radius 1 is 1.48 bits per heavy atom. The molecule has 114 valence electrons. The monoisotopic (exact) mass is 291 g/mol. The maximum atomic E-state index is 12.4. The highest BCUT2D eigenvalue weighted by molar-refractivity contribution is 5.95. The van der Waals surface area contributed by atoms with Crippen molar-refractivity contribution in [1.82, 2.24) is 4.90 Å². The van der Waals surface area contributed by atoms with Crippen molar-refractivity contribution in [2.75, 3.05) is 33.9 Å². The Hall–Kier alpha value is -1.87. The number of carbonyl (C=O) groups is 1. The van der Waals surface area contributed by atoms with E-state index in [9.17, 15) is 9.90 Å². The van der Waals surface area contributed by atoms with Crippen LogP contribution in [0.2, 0.25) is 0 Å². The van der Waals surface area contributed by atoms with E-state index in [1.54, 1.807) is 19.2 Å². The summed E-state index contributed by atoms with van der Waals surface area (Å²) in [7, 11) is 3.13. The Kier molecular flexibility index (Phi) is 6.89. The van der Waals surface area contributed by atoms with E-state index in [2.05, 4.69) is 11.8 Å². The van der Waals surface area contributed by atoms with Crippen molar-refractivity contribution in [3.63, 3.8) is 0 Å². The van der Waals surface area contributed by atoms with Crippen molar-refractivity contribution < 1.29 is 19.7 Å². The predicted octanol–water partition coefficient (Wildman–Crippen LogP) is 0.418. The second-order valence-corrected chi connectivity index (χ2v) is 4.78. The molecule has 1 rings (SSSR count). The van der Waals surface area contributed by atoms with E-state index in [1.807, 2.05) is 13.0 Å². The molecule has 0 saturated heterocycles. The highest BCUT2D eigenvalue weighted by atomic mass is 16.5. The van der Waals surface area contributed by atoms with Gasteiger partial charge in [0, 0.05) is 31.8 Å². The minimum absolute atomic E-state index is 0.179. The molecule has 1 unspecified atom stereocenters. The zero-order valence-corrected chi connectivity index (χ0v) is 12.6. The van der Waals surface area contributed by atoms with Gasteiger partial charge in [-0.3, -0.25) is 4.79 Å². The zero-order chi connectivity index (χ0) is 15.8. The van der Waals surface area contributed by atoms with Crippen LogP contribution in [0.1, 0.15) is 21.5 Å². The lowest BCUT2D eigenvalue weighted by Crippen LogP contribution is -2.36. The second-order valence-electron chi connectivity index (χ2n) is 4.78. The van der Waals surface area contributed by atoms with Crippen LogP contribution in [0.5, 0.6) is 0 Å². The molecule has 2 N–H and O–H groups in total. The van der Waals surface area contributed by atoms with Crippen molar-refractivity contribution in [1.29, 1.82) is 0 Å². The van der Waals surface area contributed by atoms with Gasteiger partial charge < -0.3 is 19.8 Å². The first-order valence-corrected chi connectivity index (χ1v) is 6.62. The lowest BCUT2D eigenvalue weighted by atomic mass is 10.0. The van der Waals surface area contributed by atoms with Gasteiger partial charge in [-0.05, 0) is 24.6 Å². The van der Waals surface area contributed by atoms with E-state index < -0.39 is 6.10 Å². The number of aryl methyl sites for hydroxylation is 1. The van der Waals surface area contributed by atoms with E-state index in [1.165, 1.54) is 12.0 Å². The largest absolute Gasteiger partial charge is 0.389 e.